The van der Waals surface area contributed by atoms with Gasteiger partial charge in [-0.3, -0.25) is 14.2 Å². The summed E-state index contributed by atoms with van der Waals surface area (Å²) in [5, 5.41) is 3.52. The van der Waals surface area contributed by atoms with Crippen LogP contribution in [-0.4, -0.2) is 15.5 Å². The molecule has 2 N–H and O–H groups in total. The molecule has 0 unspecified atom stereocenters. The van der Waals surface area contributed by atoms with Gasteiger partial charge < -0.3 is 10.3 Å². The highest BCUT2D eigenvalue weighted by Crippen LogP contribution is 2.26. The Hall–Kier alpha value is -2.25. The Labute approximate surface area is 154 Å². The van der Waals surface area contributed by atoms with Crippen molar-refractivity contribution in [2.24, 2.45) is 7.05 Å². The summed E-state index contributed by atoms with van der Waals surface area (Å²) in [6.07, 6.45) is 0. The van der Waals surface area contributed by atoms with Crippen LogP contribution < -0.4 is 10.9 Å². The smallest absolute Gasteiger partial charge is 0.261 e. The fraction of sp³-hybridized carbons (Fsp3) is 0.278. The number of thiophene rings is 1. The Morgan fingerprint density at radius 3 is 2.68 bits per heavy atom. The number of hydrogen-bond acceptors (Lipinski definition) is 4. The van der Waals surface area contributed by atoms with Crippen LogP contribution in [0.2, 0.25) is 0 Å². The predicted octanol–water partition coefficient (Wildman–Crippen LogP) is 3.77. The lowest BCUT2D eigenvalue weighted by molar-refractivity contribution is 0.0940. The van der Waals surface area contributed by atoms with Crippen molar-refractivity contribution in [3.63, 3.8) is 0 Å². The van der Waals surface area contributed by atoms with Crippen molar-refractivity contribution in [1.29, 1.82) is 0 Å². The third-order valence-corrected chi connectivity index (χ3v) is 5.61. The molecule has 5 nitrogen and oxygen atoms in total. The van der Waals surface area contributed by atoms with Crippen molar-refractivity contribution in [2.45, 2.75) is 26.8 Å². The molecule has 0 saturated heterocycles. The molecule has 0 aliphatic rings. The molecular weight excluding hydrogens is 354 g/mol. The van der Waals surface area contributed by atoms with Gasteiger partial charge in [0, 0.05) is 22.4 Å². The van der Waals surface area contributed by atoms with Gasteiger partial charge in [0.2, 0.25) is 0 Å². The average Bonchev–Trinajstić information content (AvgIpc) is 2.90. The van der Waals surface area contributed by atoms with Crippen LogP contribution in [0, 0.1) is 18.6 Å². The molecule has 0 bridgehead atoms. The van der Waals surface area contributed by atoms with Gasteiger partial charge in [0.25, 0.3) is 11.5 Å². The van der Waals surface area contributed by atoms with Gasteiger partial charge >= 0.3 is 0 Å². The Balaban J connectivity index is 1.92. The van der Waals surface area contributed by atoms with Crippen LogP contribution >= 0.6 is 23.6 Å². The maximum atomic E-state index is 12.6. The minimum Gasteiger partial charge on any atom is -0.345 e. The number of aromatic nitrogens is 2. The molecule has 2 heterocycles. The Kier molecular flexibility index (Phi) is 4.62. The largest absolute Gasteiger partial charge is 0.345 e. The van der Waals surface area contributed by atoms with Gasteiger partial charge in [0.1, 0.15) is 0 Å². The predicted molar refractivity (Wildman–Crippen MR) is 104 cm³/mol. The summed E-state index contributed by atoms with van der Waals surface area (Å²) in [7, 11) is 1.62. The molecular formula is C18H19N3O2S2. The first-order chi connectivity index (χ1) is 11.8. The molecule has 1 aromatic carbocycles. The summed E-state index contributed by atoms with van der Waals surface area (Å²) in [4.78, 5) is 30.2. The SMILES string of the molecule is Cc1cc([C@H](C)NC(=O)c2ccc3c(=O)n(C)c(=S)[nH]c3c2)c(C)s1. The van der Waals surface area contributed by atoms with Crippen LogP contribution in [0.25, 0.3) is 10.9 Å². The van der Waals surface area contributed by atoms with Gasteiger partial charge in [-0.05, 0) is 62.8 Å². The molecule has 0 saturated carbocycles. The topological polar surface area (TPSA) is 66.9 Å². The fourth-order valence-corrected chi connectivity index (χ4v) is 4.10. The lowest BCUT2D eigenvalue weighted by atomic mass is 10.1. The van der Waals surface area contributed by atoms with Crippen LogP contribution in [0.15, 0.2) is 29.1 Å². The zero-order valence-corrected chi connectivity index (χ0v) is 16.1. The number of nitrogens with one attached hydrogen (secondary N) is 2. The first-order valence-electron chi connectivity index (χ1n) is 7.89. The molecule has 0 radical (unpaired) electrons. The molecule has 3 aromatic rings. The number of carbonyl (C=O) groups is 1. The van der Waals surface area contributed by atoms with Gasteiger partial charge in [0.15, 0.2) is 4.77 Å². The van der Waals surface area contributed by atoms with E-state index in [1.807, 2.05) is 6.92 Å². The van der Waals surface area contributed by atoms with Crippen molar-refractivity contribution in [3.8, 4) is 0 Å². The lowest BCUT2D eigenvalue weighted by Gasteiger charge is -2.14. The van der Waals surface area contributed by atoms with E-state index in [1.54, 1.807) is 36.6 Å². The summed E-state index contributed by atoms with van der Waals surface area (Å²) in [6, 6.07) is 7.00. The lowest BCUT2D eigenvalue weighted by Crippen LogP contribution is -2.27. The van der Waals surface area contributed by atoms with Crippen LogP contribution in [0.1, 0.15) is 38.6 Å². The molecule has 3 rings (SSSR count). The minimum absolute atomic E-state index is 0.0877. The van der Waals surface area contributed by atoms with Gasteiger partial charge in [-0.15, -0.1) is 11.3 Å². The maximum absolute atomic E-state index is 12.6. The van der Waals surface area contributed by atoms with E-state index in [0.29, 0.717) is 21.2 Å². The van der Waals surface area contributed by atoms with E-state index in [4.69, 9.17) is 12.2 Å². The summed E-state index contributed by atoms with van der Waals surface area (Å²) in [5.41, 5.74) is 2.01. The second-order valence-corrected chi connectivity index (χ2v) is 7.97. The third kappa shape index (κ3) is 3.29. The molecule has 130 valence electrons. The highest BCUT2D eigenvalue weighted by atomic mass is 32.1. The van der Waals surface area contributed by atoms with E-state index in [1.165, 1.54) is 14.3 Å². The molecule has 2 aromatic heterocycles. The highest BCUT2D eigenvalue weighted by molar-refractivity contribution is 7.71. The van der Waals surface area contributed by atoms with Gasteiger partial charge in [-0.2, -0.15) is 0 Å². The molecule has 1 atom stereocenters. The summed E-state index contributed by atoms with van der Waals surface area (Å²) in [5.74, 6) is -0.183. The average molecular weight is 374 g/mol. The normalized spacial score (nSPS) is 12.3. The first kappa shape index (κ1) is 17.6. The number of rotatable bonds is 3. The van der Waals surface area contributed by atoms with E-state index < -0.39 is 0 Å². The molecule has 1 amide bonds. The van der Waals surface area contributed by atoms with E-state index in [0.717, 1.165) is 5.56 Å². The Morgan fingerprint density at radius 2 is 2.04 bits per heavy atom. The third-order valence-electron chi connectivity index (χ3n) is 4.26. The van der Waals surface area contributed by atoms with E-state index >= 15 is 0 Å². The van der Waals surface area contributed by atoms with Crippen LogP contribution in [0.4, 0.5) is 0 Å². The van der Waals surface area contributed by atoms with Crippen molar-refractivity contribution >= 4 is 40.4 Å². The number of hydrogen-bond donors (Lipinski definition) is 2. The van der Waals surface area contributed by atoms with Crippen molar-refractivity contribution < 1.29 is 4.79 Å². The first-order valence-corrected chi connectivity index (χ1v) is 9.11. The van der Waals surface area contributed by atoms with E-state index in [2.05, 4.69) is 30.2 Å². The number of amides is 1. The summed E-state index contributed by atoms with van der Waals surface area (Å²) in [6.45, 7) is 6.08. The molecule has 25 heavy (non-hydrogen) atoms. The zero-order valence-electron chi connectivity index (χ0n) is 14.5. The molecule has 0 fully saturated rings. The quantitative estimate of drug-likeness (QED) is 0.687. The highest BCUT2D eigenvalue weighted by Gasteiger charge is 2.16. The maximum Gasteiger partial charge on any atom is 0.261 e. The van der Waals surface area contributed by atoms with Crippen molar-refractivity contribution in [2.75, 3.05) is 0 Å². The number of fused-ring (bicyclic) bond motifs is 1. The number of aryl methyl sites for hydroxylation is 2. The standard InChI is InChI=1S/C18H19N3O2S2/c1-9-7-14(11(3)25-9)10(2)19-16(22)12-5-6-13-15(8-12)20-18(24)21(4)17(13)23/h5-8,10H,1-4H3,(H,19,22)(H,20,24)/t10-/m0/s1. The summed E-state index contributed by atoms with van der Waals surface area (Å²) < 4.78 is 1.70. The minimum atomic E-state index is -0.183. The molecule has 0 aliphatic carbocycles. The van der Waals surface area contributed by atoms with E-state index in [9.17, 15) is 9.59 Å². The number of nitrogens with zero attached hydrogens (tertiary/aromatic N) is 1. The van der Waals surface area contributed by atoms with Crippen LogP contribution in [0.5, 0.6) is 0 Å². The van der Waals surface area contributed by atoms with Gasteiger partial charge in [-0.1, -0.05) is 0 Å². The fourth-order valence-electron chi connectivity index (χ4n) is 2.89. The van der Waals surface area contributed by atoms with Crippen molar-refractivity contribution in [1.82, 2.24) is 14.9 Å². The molecule has 7 heteroatoms. The number of carbonyl (C=O) groups excluding carboxylic acids is 1. The second kappa shape index (κ2) is 6.57. The number of H-pyrrole nitrogens is 1. The van der Waals surface area contributed by atoms with E-state index in [-0.39, 0.29) is 17.5 Å². The number of aromatic amines is 1. The van der Waals surface area contributed by atoms with Gasteiger partial charge in [0.05, 0.1) is 16.9 Å². The monoisotopic (exact) mass is 373 g/mol. The molecule has 0 spiro atoms. The van der Waals surface area contributed by atoms with Crippen LogP contribution in [0.3, 0.4) is 0 Å². The zero-order chi connectivity index (χ0) is 18.3. The number of benzene rings is 1. The van der Waals surface area contributed by atoms with Crippen LogP contribution in [-0.2, 0) is 7.05 Å². The Morgan fingerprint density at radius 1 is 1.32 bits per heavy atom. The summed E-state index contributed by atoms with van der Waals surface area (Å²) >= 11 is 6.86. The van der Waals surface area contributed by atoms with Gasteiger partial charge in [-0.25, -0.2) is 0 Å². The Bertz CT molecular complexity index is 1090. The van der Waals surface area contributed by atoms with Crippen molar-refractivity contribution in [3.05, 3.63) is 60.3 Å². The molecule has 0 aliphatic heterocycles. The second-order valence-electron chi connectivity index (χ2n) is 6.12.